The Morgan fingerprint density at radius 3 is 2.35 bits per heavy atom. The van der Waals surface area contributed by atoms with Crippen molar-refractivity contribution in [3.63, 3.8) is 0 Å². The largest absolute Gasteiger partial charge is 0.416 e. The molecule has 0 saturated heterocycles. The third-order valence-corrected chi connectivity index (χ3v) is 3.41. The van der Waals surface area contributed by atoms with Gasteiger partial charge in [0.05, 0.1) is 5.56 Å². The van der Waals surface area contributed by atoms with Crippen LogP contribution in [0.5, 0.6) is 0 Å². The van der Waals surface area contributed by atoms with Crippen molar-refractivity contribution in [2.45, 2.75) is 39.4 Å². The van der Waals surface area contributed by atoms with Crippen LogP contribution in [0, 0.1) is 5.41 Å². The van der Waals surface area contributed by atoms with Gasteiger partial charge in [0.1, 0.15) is 0 Å². The Morgan fingerprint density at radius 2 is 1.80 bits per heavy atom. The topological polar surface area (TPSA) is 32.3 Å². The smallest absolute Gasteiger partial charge is 0.396 e. The highest BCUT2D eigenvalue weighted by Gasteiger charge is 2.34. The molecule has 2 N–H and O–H groups in total. The monoisotopic (exact) mass is 289 g/mol. The zero-order valence-corrected chi connectivity index (χ0v) is 12.1. The molecule has 0 aliphatic rings. The summed E-state index contributed by atoms with van der Waals surface area (Å²) in [7, 11) is 0. The Labute approximate surface area is 118 Å². The lowest BCUT2D eigenvalue weighted by atomic mass is 9.89. The highest BCUT2D eigenvalue weighted by Crippen LogP contribution is 2.34. The fourth-order valence-corrected chi connectivity index (χ4v) is 2.06. The number of aliphatic hydroxyl groups is 1. The molecule has 2 nitrogen and oxygen atoms in total. The molecule has 0 aliphatic heterocycles. The van der Waals surface area contributed by atoms with Gasteiger partial charge in [-0.1, -0.05) is 32.0 Å². The number of benzene rings is 1. The molecule has 0 saturated carbocycles. The van der Waals surface area contributed by atoms with Gasteiger partial charge < -0.3 is 10.4 Å². The van der Waals surface area contributed by atoms with Gasteiger partial charge in [-0.2, -0.15) is 13.2 Å². The summed E-state index contributed by atoms with van der Waals surface area (Å²) in [6.07, 6.45) is -3.74. The number of nitrogens with one attached hydrogen (secondary N) is 1. The summed E-state index contributed by atoms with van der Waals surface area (Å²) in [5.74, 6) is 0. The van der Waals surface area contributed by atoms with Gasteiger partial charge in [0.2, 0.25) is 0 Å². The van der Waals surface area contributed by atoms with Crippen LogP contribution in [0.2, 0.25) is 0 Å². The lowest BCUT2D eigenvalue weighted by Crippen LogP contribution is -2.32. The average molecular weight is 289 g/mol. The number of hydrogen-bond acceptors (Lipinski definition) is 2. The maximum Gasteiger partial charge on any atom is 0.416 e. The molecule has 20 heavy (non-hydrogen) atoms. The van der Waals surface area contributed by atoms with Gasteiger partial charge in [-0.15, -0.1) is 0 Å². The van der Waals surface area contributed by atoms with E-state index in [9.17, 15) is 13.2 Å². The third kappa shape index (κ3) is 4.80. The lowest BCUT2D eigenvalue weighted by Gasteiger charge is -2.27. The fourth-order valence-electron chi connectivity index (χ4n) is 2.06. The average Bonchev–Trinajstić information content (AvgIpc) is 2.35. The van der Waals surface area contributed by atoms with Gasteiger partial charge in [-0.25, -0.2) is 0 Å². The minimum absolute atomic E-state index is 0.0716. The molecule has 5 heteroatoms. The van der Waals surface area contributed by atoms with Crippen molar-refractivity contribution in [2.24, 2.45) is 5.41 Å². The van der Waals surface area contributed by atoms with Crippen LogP contribution in [-0.4, -0.2) is 18.3 Å². The SMILES string of the molecule is CC(NCC(C)(C)CCO)c1ccccc1C(F)(F)F. The maximum absolute atomic E-state index is 12.9. The summed E-state index contributed by atoms with van der Waals surface area (Å²) >= 11 is 0. The molecule has 1 aromatic carbocycles. The maximum atomic E-state index is 12.9. The second-order valence-electron chi connectivity index (χ2n) is 5.83. The fraction of sp³-hybridized carbons (Fsp3) is 0.600. The first-order valence-corrected chi connectivity index (χ1v) is 6.68. The Bertz CT molecular complexity index is 429. The van der Waals surface area contributed by atoms with Crippen molar-refractivity contribution in [1.82, 2.24) is 5.32 Å². The molecule has 0 aliphatic carbocycles. The molecule has 0 radical (unpaired) electrons. The molecule has 1 rings (SSSR count). The predicted octanol–water partition coefficient (Wildman–Crippen LogP) is 3.76. The normalized spacial score (nSPS) is 14.3. The van der Waals surface area contributed by atoms with Crippen molar-refractivity contribution in [2.75, 3.05) is 13.2 Å². The highest BCUT2D eigenvalue weighted by molar-refractivity contribution is 5.32. The summed E-state index contributed by atoms with van der Waals surface area (Å²) in [5.41, 5.74) is -0.504. The zero-order chi connectivity index (χ0) is 15.4. The van der Waals surface area contributed by atoms with Gasteiger partial charge >= 0.3 is 6.18 Å². The van der Waals surface area contributed by atoms with Gasteiger partial charge in [0.25, 0.3) is 0 Å². The molecule has 0 amide bonds. The van der Waals surface area contributed by atoms with Crippen LogP contribution < -0.4 is 5.32 Å². The van der Waals surface area contributed by atoms with Crippen molar-refractivity contribution in [3.05, 3.63) is 35.4 Å². The first-order valence-electron chi connectivity index (χ1n) is 6.68. The minimum atomic E-state index is -4.34. The second kappa shape index (κ2) is 6.59. The summed E-state index contributed by atoms with van der Waals surface area (Å²) < 4.78 is 38.8. The molecule has 1 atom stereocenters. The Morgan fingerprint density at radius 1 is 1.20 bits per heavy atom. The van der Waals surface area contributed by atoms with Crippen LogP contribution in [0.1, 0.15) is 44.4 Å². The summed E-state index contributed by atoms with van der Waals surface area (Å²) in [5, 5.41) is 12.1. The number of aliphatic hydroxyl groups excluding tert-OH is 1. The molecule has 0 heterocycles. The van der Waals surface area contributed by atoms with E-state index in [2.05, 4.69) is 5.32 Å². The molecular weight excluding hydrogens is 267 g/mol. The van der Waals surface area contributed by atoms with E-state index in [0.29, 0.717) is 13.0 Å². The van der Waals surface area contributed by atoms with E-state index in [-0.39, 0.29) is 17.6 Å². The van der Waals surface area contributed by atoms with E-state index in [0.717, 1.165) is 6.07 Å². The standard InChI is InChI=1S/C15H22F3NO/c1-11(19-10-14(2,3)8-9-20)12-6-4-5-7-13(12)15(16,17)18/h4-7,11,19-20H,8-10H2,1-3H3. The zero-order valence-electron chi connectivity index (χ0n) is 12.1. The number of halogens is 3. The highest BCUT2D eigenvalue weighted by atomic mass is 19.4. The molecule has 0 aromatic heterocycles. The molecule has 0 fully saturated rings. The van der Waals surface area contributed by atoms with Crippen LogP contribution >= 0.6 is 0 Å². The summed E-state index contributed by atoms with van der Waals surface area (Å²) in [6.45, 7) is 6.28. The van der Waals surface area contributed by atoms with Gasteiger partial charge in [-0.3, -0.25) is 0 Å². The number of alkyl halides is 3. The first-order chi connectivity index (χ1) is 9.17. The van der Waals surface area contributed by atoms with E-state index in [1.54, 1.807) is 13.0 Å². The van der Waals surface area contributed by atoms with E-state index < -0.39 is 17.8 Å². The number of hydrogen-bond donors (Lipinski definition) is 2. The van der Waals surface area contributed by atoms with Gasteiger partial charge in [0.15, 0.2) is 0 Å². The molecule has 0 bridgehead atoms. The molecular formula is C15H22F3NO. The van der Waals surface area contributed by atoms with Crippen LogP contribution in [0.25, 0.3) is 0 Å². The minimum Gasteiger partial charge on any atom is -0.396 e. The van der Waals surface area contributed by atoms with Crippen LogP contribution in [0.3, 0.4) is 0 Å². The molecule has 1 aromatic rings. The Hall–Kier alpha value is -1.07. The summed E-state index contributed by atoms with van der Waals surface area (Å²) in [4.78, 5) is 0. The van der Waals surface area contributed by atoms with Crippen LogP contribution in [0.15, 0.2) is 24.3 Å². The van der Waals surface area contributed by atoms with E-state index in [1.165, 1.54) is 12.1 Å². The van der Waals surface area contributed by atoms with Gasteiger partial charge in [0, 0.05) is 19.2 Å². The van der Waals surface area contributed by atoms with Crippen molar-refractivity contribution >= 4 is 0 Å². The second-order valence-corrected chi connectivity index (χ2v) is 5.83. The van der Waals surface area contributed by atoms with Crippen LogP contribution in [-0.2, 0) is 6.18 Å². The molecule has 114 valence electrons. The Kier molecular flexibility index (Phi) is 5.59. The van der Waals surface area contributed by atoms with Gasteiger partial charge in [-0.05, 0) is 30.4 Å². The van der Waals surface area contributed by atoms with E-state index in [1.807, 2.05) is 13.8 Å². The van der Waals surface area contributed by atoms with E-state index >= 15 is 0 Å². The van der Waals surface area contributed by atoms with Crippen molar-refractivity contribution < 1.29 is 18.3 Å². The Balaban J connectivity index is 2.81. The summed E-state index contributed by atoms with van der Waals surface area (Å²) in [6, 6.07) is 5.22. The quantitative estimate of drug-likeness (QED) is 0.835. The molecule has 1 unspecified atom stereocenters. The third-order valence-electron chi connectivity index (χ3n) is 3.41. The first kappa shape index (κ1) is 17.0. The van der Waals surface area contributed by atoms with Crippen LogP contribution in [0.4, 0.5) is 13.2 Å². The van der Waals surface area contributed by atoms with E-state index in [4.69, 9.17) is 5.11 Å². The van der Waals surface area contributed by atoms with Crippen molar-refractivity contribution in [3.8, 4) is 0 Å². The lowest BCUT2D eigenvalue weighted by molar-refractivity contribution is -0.138. The van der Waals surface area contributed by atoms with Crippen molar-refractivity contribution in [1.29, 1.82) is 0 Å². The predicted molar refractivity (Wildman–Crippen MR) is 73.3 cm³/mol. The number of rotatable bonds is 6. The molecule has 0 spiro atoms.